The molecule has 0 unspecified atom stereocenters. The predicted octanol–water partition coefficient (Wildman–Crippen LogP) is 6.77. The van der Waals surface area contributed by atoms with E-state index >= 15 is 0 Å². The van der Waals surface area contributed by atoms with Crippen LogP contribution in [0.4, 0.5) is 9.18 Å². The number of aryl methyl sites for hydroxylation is 1. The summed E-state index contributed by atoms with van der Waals surface area (Å²) >= 11 is 0. The number of amides is 1. The van der Waals surface area contributed by atoms with Crippen molar-refractivity contribution < 1.29 is 19.0 Å². The molecule has 4 nitrogen and oxygen atoms in total. The smallest absolute Gasteiger partial charge is 0.306 e. The number of carbonyl (C=O) groups is 1. The van der Waals surface area contributed by atoms with Crippen LogP contribution in [0.1, 0.15) is 55.2 Å². The van der Waals surface area contributed by atoms with Gasteiger partial charge in [0.05, 0.1) is 0 Å². The Morgan fingerprint density at radius 3 is 2.56 bits per heavy atom. The molecule has 0 bridgehead atoms. The van der Waals surface area contributed by atoms with Crippen LogP contribution in [0.2, 0.25) is 0 Å². The number of carbonyl (C=O) groups excluding carboxylic acids is 1. The number of unbranched alkanes of at least 4 members (excludes halogenated alkanes) is 1. The summed E-state index contributed by atoms with van der Waals surface area (Å²) in [5, 5.41) is 2.44. The second-order valence-electron chi connectivity index (χ2n) is 8.50. The molecule has 1 heterocycles. The zero-order chi connectivity index (χ0) is 22.3. The fourth-order valence-electron chi connectivity index (χ4n) is 4.45. The highest BCUT2D eigenvalue weighted by Gasteiger charge is 2.25. The van der Waals surface area contributed by atoms with Crippen LogP contribution in [0.3, 0.4) is 0 Å². The second-order valence-corrected chi connectivity index (χ2v) is 8.50. The molecule has 1 saturated heterocycles. The van der Waals surface area contributed by atoms with Gasteiger partial charge in [0, 0.05) is 13.1 Å². The van der Waals surface area contributed by atoms with Crippen LogP contribution < -0.4 is 0 Å². The lowest BCUT2D eigenvalue weighted by atomic mass is 9.90. The first-order valence-electron chi connectivity index (χ1n) is 11.5. The molecule has 0 radical (unpaired) electrons. The van der Waals surface area contributed by atoms with Crippen LogP contribution in [-0.2, 0) is 22.8 Å². The number of hydrogen-bond acceptors (Lipinski definition) is 3. The Labute approximate surface area is 188 Å². The van der Waals surface area contributed by atoms with Gasteiger partial charge in [-0.3, -0.25) is 4.89 Å². The minimum Gasteiger partial charge on any atom is -0.306 e. The highest BCUT2D eigenvalue weighted by molar-refractivity contribution is 5.86. The molecule has 0 aromatic heterocycles. The summed E-state index contributed by atoms with van der Waals surface area (Å²) < 4.78 is 13.1. The third kappa shape index (κ3) is 5.46. The predicted molar refractivity (Wildman–Crippen MR) is 124 cm³/mol. The number of benzene rings is 3. The fraction of sp³-hybridized carbons (Fsp3) is 0.370. The van der Waals surface area contributed by atoms with Crippen LogP contribution in [-0.4, -0.2) is 24.1 Å². The Morgan fingerprint density at radius 2 is 1.81 bits per heavy atom. The second kappa shape index (κ2) is 10.6. The monoisotopic (exact) mass is 435 g/mol. The average Bonchev–Trinajstić information content (AvgIpc) is 2.83. The zero-order valence-electron chi connectivity index (χ0n) is 18.6. The van der Waals surface area contributed by atoms with Gasteiger partial charge in [0.1, 0.15) is 12.4 Å². The summed E-state index contributed by atoms with van der Waals surface area (Å²) in [6.45, 7) is 3.61. The van der Waals surface area contributed by atoms with Crippen LogP contribution in [0.25, 0.3) is 10.8 Å². The van der Waals surface area contributed by atoms with Crippen molar-refractivity contribution in [3.05, 3.63) is 83.2 Å². The maximum atomic E-state index is 13.1. The first kappa shape index (κ1) is 22.3. The van der Waals surface area contributed by atoms with Gasteiger partial charge in [-0.25, -0.2) is 9.18 Å². The molecule has 0 atom stereocenters. The lowest BCUT2D eigenvalue weighted by molar-refractivity contribution is -0.256. The summed E-state index contributed by atoms with van der Waals surface area (Å²) in [5.74, 6) is 0.107. The molecule has 1 aliphatic heterocycles. The fourth-order valence-corrected chi connectivity index (χ4v) is 4.45. The summed E-state index contributed by atoms with van der Waals surface area (Å²) in [6, 6.07) is 19.2. The molecule has 0 N–H and O–H groups in total. The van der Waals surface area contributed by atoms with E-state index in [0.29, 0.717) is 19.0 Å². The van der Waals surface area contributed by atoms with Crippen LogP contribution in [0.5, 0.6) is 0 Å². The number of fused-ring (bicyclic) bond motifs is 1. The van der Waals surface area contributed by atoms with E-state index in [1.165, 1.54) is 28.5 Å². The van der Waals surface area contributed by atoms with Gasteiger partial charge in [0.2, 0.25) is 0 Å². The van der Waals surface area contributed by atoms with Gasteiger partial charge in [-0.05, 0) is 77.3 Å². The number of nitrogens with zero attached hydrogens (tertiary/aromatic N) is 1. The summed E-state index contributed by atoms with van der Waals surface area (Å²) in [5.41, 5.74) is 3.42. The van der Waals surface area contributed by atoms with Crippen LogP contribution in [0.15, 0.2) is 60.7 Å². The van der Waals surface area contributed by atoms with E-state index in [1.54, 1.807) is 4.90 Å². The Kier molecular flexibility index (Phi) is 7.38. The maximum absolute atomic E-state index is 13.1. The molecular weight excluding hydrogens is 405 g/mol. The minimum atomic E-state index is -0.449. The summed E-state index contributed by atoms with van der Waals surface area (Å²) in [6.07, 6.45) is 4.50. The molecular formula is C27H30FNO3. The highest BCUT2D eigenvalue weighted by Crippen LogP contribution is 2.28. The number of piperidine rings is 1. The van der Waals surface area contributed by atoms with Gasteiger partial charge in [-0.2, -0.15) is 4.89 Å². The summed E-state index contributed by atoms with van der Waals surface area (Å²) in [7, 11) is 0. The van der Waals surface area contributed by atoms with Crippen molar-refractivity contribution in [1.29, 1.82) is 0 Å². The van der Waals surface area contributed by atoms with Gasteiger partial charge in [-0.1, -0.05) is 55.8 Å². The van der Waals surface area contributed by atoms with Crippen molar-refractivity contribution in [2.24, 2.45) is 0 Å². The molecule has 1 fully saturated rings. The van der Waals surface area contributed by atoms with E-state index in [2.05, 4.69) is 37.3 Å². The number of rotatable bonds is 7. The molecule has 0 saturated carbocycles. The topological polar surface area (TPSA) is 38.8 Å². The third-order valence-electron chi connectivity index (χ3n) is 6.26. The molecule has 1 amide bonds. The van der Waals surface area contributed by atoms with Gasteiger partial charge in [0.25, 0.3) is 0 Å². The van der Waals surface area contributed by atoms with Crippen molar-refractivity contribution in [3.63, 3.8) is 0 Å². The number of hydrogen-bond donors (Lipinski definition) is 0. The lowest BCUT2D eigenvalue weighted by Crippen LogP contribution is -2.38. The SMILES string of the molecule is CCCCc1cc(COOC(=O)N2CCC(c3ccc(F)cc3)CC2)cc2ccccc12. The van der Waals surface area contributed by atoms with Crippen molar-refractivity contribution >= 4 is 16.9 Å². The van der Waals surface area contributed by atoms with Crippen molar-refractivity contribution in [1.82, 2.24) is 4.90 Å². The number of halogens is 1. The Hall–Kier alpha value is -2.92. The standard InChI is InChI=1S/C27H30FNO3/c1-2-3-6-23-17-20(18-24-7-4-5-8-26(23)24)19-31-32-27(30)29-15-13-22(14-16-29)21-9-11-25(28)12-10-21/h4-5,7-12,17-18,22H,2-3,6,13-16,19H2,1H3. The van der Waals surface area contributed by atoms with Crippen LogP contribution in [0, 0.1) is 5.82 Å². The van der Waals surface area contributed by atoms with Gasteiger partial charge in [-0.15, -0.1) is 0 Å². The van der Waals surface area contributed by atoms with Gasteiger partial charge >= 0.3 is 6.09 Å². The molecule has 3 aromatic rings. The third-order valence-corrected chi connectivity index (χ3v) is 6.26. The zero-order valence-corrected chi connectivity index (χ0v) is 18.6. The molecule has 168 valence electrons. The van der Waals surface area contributed by atoms with Crippen molar-refractivity contribution in [3.8, 4) is 0 Å². The molecule has 3 aromatic carbocycles. The highest BCUT2D eigenvalue weighted by atomic mass is 19.1. The van der Waals surface area contributed by atoms with E-state index in [9.17, 15) is 9.18 Å². The summed E-state index contributed by atoms with van der Waals surface area (Å²) in [4.78, 5) is 24.5. The Morgan fingerprint density at radius 1 is 1.06 bits per heavy atom. The van der Waals surface area contributed by atoms with E-state index in [4.69, 9.17) is 9.78 Å². The molecule has 0 aliphatic carbocycles. The molecule has 32 heavy (non-hydrogen) atoms. The van der Waals surface area contributed by atoms with E-state index in [1.807, 2.05) is 18.2 Å². The first-order valence-corrected chi connectivity index (χ1v) is 11.5. The number of likely N-dealkylation sites (tertiary alicyclic amines) is 1. The minimum absolute atomic E-state index is 0.224. The maximum Gasteiger partial charge on any atom is 0.441 e. The normalized spacial score (nSPS) is 14.6. The molecule has 0 spiro atoms. The largest absolute Gasteiger partial charge is 0.441 e. The first-order chi connectivity index (χ1) is 15.6. The van der Waals surface area contributed by atoms with E-state index in [0.717, 1.165) is 43.2 Å². The van der Waals surface area contributed by atoms with E-state index in [-0.39, 0.29) is 12.4 Å². The quantitative estimate of drug-likeness (QED) is 0.304. The van der Waals surface area contributed by atoms with Gasteiger partial charge in [0.15, 0.2) is 0 Å². The van der Waals surface area contributed by atoms with Gasteiger partial charge < -0.3 is 4.90 Å². The van der Waals surface area contributed by atoms with Crippen molar-refractivity contribution in [2.45, 2.75) is 51.6 Å². The molecule has 5 heteroatoms. The van der Waals surface area contributed by atoms with E-state index < -0.39 is 6.09 Å². The van der Waals surface area contributed by atoms with Crippen molar-refractivity contribution in [2.75, 3.05) is 13.1 Å². The van der Waals surface area contributed by atoms with Crippen LogP contribution >= 0.6 is 0 Å². The average molecular weight is 436 g/mol. The Balaban J connectivity index is 1.29. The Bertz CT molecular complexity index is 1040. The molecule has 1 aliphatic rings. The molecule has 4 rings (SSSR count). The lowest BCUT2D eigenvalue weighted by Gasteiger charge is -2.31.